The molecule has 0 unspecified atom stereocenters. The van der Waals surface area contributed by atoms with E-state index in [4.69, 9.17) is 9.90 Å². The minimum Gasteiger partial charge on any atom is -0.481 e. The number of carboxylic acid groups (broad SMARTS) is 1. The van der Waals surface area contributed by atoms with Crippen molar-refractivity contribution in [1.82, 2.24) is 0 Å². The van der Waals surface area contributed by atoms with Crippen molar-refractivity contribution in [2.75, 3.05) is 0 Å². The van der Waals surface area contributed by atoms with E-state index < -0.39 is 17.7 Å². The van der Waals surface area contributed by atoms with Gasteiger partial charge in [0.15, 0.2) is 0 Å². The summed E-state index contributed by atoms with van der Waals surface area (Å²) in [6.07, 6.45) is 8.26. The highest BCUT2D eigenvalue weighted by Crippen LogP contribution is 2.33. The van der Waals surface area contributed by atoms with Crippen LogP contribution in [0.25, 0.3) is 0 Å². The second-order valence-corrected chi connectivity index (χ2v) is 4.41. The molecule has 1 N–H and O–H groups in total. The molecule has 0 aromatic carbocycles. The van der Waals surface area contributed by atoms with E-state index in [2.05, 4.69) is 0 Å². The topological polar surface area (TPSA) is 37.3 Å². The van der Waals surface area contributed by atoms with Gasteiger partial charge >= 0.3 is 6.18 Å². The van der Waals surface area contributed by atoms with Crippen LogP contribution in [0.4, 0.5) is 13.2 Å². The summed E-state index contributed by atoms with van der Waals surface area (Å²) in [6, 6.07) is 0. The van der Waals surface area contributed by atoms with Gasteiger partial charge in [-0.1, -0.05) is 36.5 Å². The van der Waals surface area contributed by atoms with Gasteiger partial charge in [-0.05, 0) is 35.8 Å². The predicted molar refractivity (Wildman–Crippen MR) is 75.7 cm³/mol. The van der Waals surface area contributed by atoms with E-state index in [1.807, 2.05) is 19.1 Å². The lowest BCUT2D eigenvalue weighted by atomic mass is 9.98. The number of carbonyl (C=O) groups is 1. The minimum atomic E-state index is -4.31. The largest absolute Gasteiger partial charge is 0.481 e. The Labute approximate surface area is 121 Å². The molecule has 0 saturated carbocycles. The average molecular weight is 296 g/mol. The highest BCUT2D eigenvalue weighted by Gasteiger charge is 2.32. The Kier molecular flexibility index (Phi) is 5.52. The van der Waals surface area contributed by atoms with Crippen molar-refractivity contribution in [2.45, 2.75) is 20.0 Å². The fourth-order valence-corrected chi connectivity index (χ4v) is 1.76. The molecular weight excluding hydrogens is 281 g/mol. The Hall–Kier alpha value is -2.30. The number of hydrogen-bond donors (Lipinski definition) is 1. The number of allylic oxidation sites excluding steroid dienone is 12. The molecule has 0 saturated heterocycles. The van der Waals surface area contributed by atoms with E-state index in [1.54, 1.807) is 18.2 Å². The standard InChI is InChI=1S/C14H11F3.C2H4O2/c1-10-5-2-3-6-11-9-12(14(15,16)17)7-4-8-13(10)11;1-2(3)4/h2-9H,1H3;1H3,(H,3,4). The molecule has 21 heavy (non-hydrogen) atoms. The number of halogens is 3. The van der Waals surface area contributed by atoms with Crippen LogP contribution in [0.5, 0.6) is 0 Å². The van der Waals surface area contributed by atoms with E-state index in [0.29, 0.717) is 5.57 Å². The minimum absolute atomic E-state index is 0.588. The van der Waals surface area contributed by atoms with Gasteiger partial charge in [0, 0.05) is 6.92 Å². The third kappa shape index (κ3) is 5.30. The van der Waals surface area contributed by atoms with Gasteiger partial charge in [0.25, 0.3) is 5.97 Å². The van der Waals surface area contributed by atoms with Crippen molar-refractivity contribution in [3.63, 3.8) is 0 Å². The van der Waals surface area contributed by atoms with Crippen LogP contribution in [0, 0.1) is 0 Å². The second kappa shape index (κ2) is 6.92. The smallest absolute Gasteiger partial charge is 0.416 e. The molecule has 2 rings (SSSR count). The lowest BCUT2D eigenvalue weighted by Crippen LogP contribution is -2.10. The lowest BCUT2D eigenvalue weighted by Gasteiger charge is -2.09. The number of alkyl halides is 3. The molecule has 0 aromatic heterocycles. The first kappa shape index (κ1) is 16.8. The fourth-order valence-electron chi connectivity index (χ4n) is 1.76. The highest BCUT2D eigenvalue weighted by molar-refractivity contribution is 5.63. The van der Waals surface area contributed by atoms with Crippen LogP contribution < -0.4 is 0 Å². The summed E-state index contributed by atoms with van der Waals surface area (Å²) in [5, 5.41) is 7.42. The van der Waals surface area contributed by atoms with Crippen molar-refractivity contribution in [2.24, 2.45) is 0 Å². The molecule has 2 nitrogen and oxygen atoms in total. The molecule has 112 valence electrons. The molecular formula is C16H15F3O2. The van der Waals surface area contributed by atoms with Gasteiger partial charge in [0.2, 0.25) is 0 Å². The molecule has 0 fully saturated rings. The molecule has 0 amide bonds. The predicted octanol–water partition coefficient (Wildman–Crippen LogP) is 4.50. The van der Waals surface area contributed by atoms with E-state index in [0.717, 1.165) is 24.1 Å². The maximum absolute atomic E-state index is 12.7. The summed E-state index contributed by atoms with van der Waals surface area (Å²) >= 11 is 0. The zero-order valence-electron chi connectivity index (χ0n) is 11.6. The fraction of sp³-hybridized carbons (Fsp3) is 0.188. The van der Waals surface area contributed by atoms with Crippen LogP contribution >= 0.6 is 0 Å². The summed E-state index contributed by atoms with van der Waals surface area (Å²) in [5.74, 6) is -0.833. The first-order valence-corrected chi connectivity index (χ1v) is 6.14. The van der Waals surface area contributed by atoms with Crippen LogP contribution in [0.1, 0.15) is 13.8 Å². The number of carboxylic acids is 1. The van der Waals surface area contributed by atoms with Crippen LogP contribution in [-0.2, 0) is 4.79 Å². The van der Waals surface area contributed by atoms with E-state index >= 15 is 0 Å². The first-order chi connectivity index (χ1) is 9.71. The zero-order chi connectivity index (χ0) is 16.0. The third-order valence-electron chi connectivity index (χ3n) is 2.65. The summed E-state index contributed by atoms with van der Waals surface area (Å²) in [5.41, 5.74) is 1.74. The highest BCUT2D eigenvalue weighted by atomic mass is 19.4. The van der Waals surface area contributed by atoms with E-state index in [1.165, 1.54) is 12.2 Å². The molecule has 0 aromatic rings. The molecule has 0 radical (unpaired) electrons. The van der Waals surface area contributed by atoms with Gasteiger partial charge in [0.05, 0.1) is 5.57 Å². The van der Waals surface area contributed by atoms with Crippen molar-refractivity contribution >= 4 is 5.97 Å². The SMILES string of the molecule is CC(=O)O.CC1=CC=CC=C2C=C(C(F)(F)F)C=CC=C12. The summed E-state index contributed by atoms with van der Waals surface area (Å²) in [7, 11) is 0. The molecule has 5 heteroatoms. The van der Waals surface area contributed by atoms with Gasteiger partial charge in [-0.25, -0.2) is 0 Å². The van der Waals surface area contributed by atoms with Crippen molar-refractivity contribution in [3.05, 3.63) is 70.9 Å². The van der Waals surface area contributed by atoms with Gasteiger partial charge < -0.3 is 5.11 Å². The van der Waals surface area contributed by atoms with Crippen molar-refractivity contribution in [1.29, 1.82) is 0 Å². The Bertz CT molecular complexity index is 594. The average Bonchev–Trinajstić information content (AvgIpc) is 2.63. The maximum atomic E-state index is 12.7. The molecule has 0 aliphatic heterocycles. The number of rotatable bonds is 0. The van der Waals surface area contributed by atoms with Gasteiger partial charge in [-0.2, -0.15) is 13.2 Å². The quantitative estimate of drug-likeness (QED) is 0.714. The summed E-state index contributed by atoms with van der Waals surface area (Å²) in [6.45, 7) is 2.97. The number of hydrogen-bond acceptors (Lipinski definition) is 1. The Morgan fingerprint density at radius 2 is 1.67 bits per heavy atom. The molecule has 0 bridgehead atoms. The van der Waals surface area contributed by atoms with E-state index in [9.17, 15) is 13.2 Å². The first-order valence-electron chi connectivity index (χ1n) is 6.14. The maximum Gasteiger partial charge on any atom is 0.416 e. The monoisotopic (exact) mass is 296 g/mol. The van der Waals surface area contributed by atoms with Gasteiger partial charge in [-0.3, -0.25) is 4.79 Å². The Morgan fingerprint density at radius 3 is 2.24 bits per heavy atom. The normalized spacial score (nSPS) is 17.0. The van der Waals surface area contributed by atoms with Crippen LogP contribution in [0.3, 0.4) is 0 Å². The zero-order valence-corrected chi connectivity index (χ0v) is 11.6. The van der Waals surface area contributed by atoms with Gasteiger partial charge in [0.1, 0.15) is 0 Å². The van der Waals surface area contributed by atoms with Crippen LogP contribution in [0.15, 0.2) is 70.9 Å². The second-order valence-electron chi connectivity index (χ2n) is 4.41. The van der Waals surface area contributed by atoms with Crippen LogP contribution in [-0.4, -0.2) is 17.3 Å². The van der Waals surface area contributed by atoms with Crippen LogP contribution in [0.2, 0.25) is 0 Å². The summed E-state index contributed by atoms with van der Waals surface area (Å²) < 4.78 is 38.0. The summed E-state index contributed by atoms with van der Waals surface area (Å²) in [4.78, 5) is 9.00. The number of fused-ring (bicyclic) bond motifs is 1. The molecule has 0 atom stereocenters. The molecule has 2 aliphatic carbocycles. The molecule has 2 aliphatic rings. The Balaban J connectivity index is 0.000000491. The van der Waals surface area contributed by atoms with Crippen molar-refractivity contribution in [3.8, 4) is 0 Å². The molecule has 0 heterocycles. The van der Waals surface area contributed by atoms with Gasteiger partial charge in [-0.15, -0.1) is 0 Å². The number of aliphatic carboxylic acids is 1. The van der Waals surface area contributed by atoms with E-state index in [-0.39, 0.29) is 0 Å². The third-order valence-corrected chi connectivity index (χ3v) is 2.65. The van der Waals surface area contributed by atoms with Crippen molar-refractivity contribution < 1.29 is 23.1 Å². The lowest BCUT2D eigenvalue weighted by molar-refractivity contribution is -0.134. The molecule has 0 spiro atoms. The Morgan fingerprint density at radius 1 is 1.10 bits per heavy atom.